The lowest BCUT2D eigenvalue weighted by Crippen LogP contribution is -2.34. The molecule has 2 amide bonds. The topological polar surface area (TPSA) is 75.4 Å². The first kappa shape index (κ1) is 19.2. The molecule has 1 heterocycles. The Balaban J connectivity index is 1.46. The van der Waals surface area contributed by atoms with Gasteiger partial charge < -0.3 is 11.1 Å². The molecule has 1 aromatic carbocycles. The average Bonchev–Trinajstić information content (AvgIpc) is 3.44. The van der Waals surface area contributed by atoms with Crippen LogP contribution in [-0.4, -0.2) is 29.3 Å². The Morgan fingerprint density at radius 1 is 1.18 bits per heavy atom. The van der Waals surface area contributed by atoms with Crippen LogP contribution in [0.2, 0.25) is 0 Å². The van der Waals surface area contributed by atoms with E-state index in [-0.39, 0.29) is 5.91 Å². The Labute approximate surface area is 169 Å². The van der Waals surface area contributed by atoms with E-state index >= 15 is 0 Å². The number of carbonyl (C=O) groups excluding carboxylic acids is 2. The Morgan fingerprint density at radius 3 is 2.57 bits per heavy atom. The molecular formula is C22H27N3O2S. The number of benzene rings is 1. The summed E-state index contributed by atoms with van der Waals surface area (Å²) in [6, 6.07) is 8.94. The van der Waals surface area contributed by atoms with Crippen LogP contribution in [0.4, 0.5) is 5.00 Å². The fraction of sp³-hybridized carbons (Fsp3) is 0.455. The van der Waals surface area contributed by atoms with E-state index in [1.165, 1.54) is 27.3 Å². The van der Waals surface area contributed by atoms with Crippen LogP contribution in [-0.2, 0) is 24.2 Å². The predicted molar refractivity (Wildman–Crippen MR) is 113 cm³/mol. The maximum absolute atomic E-state index is 12.8. The first-order valence-corrected chi connectivity index (χ1v) is 10.9. The number of hydrogen-bond acceptors (Lipinski definition) is 4. The van der Waals surface area contributed by atoms with Crippen molar-refractivity contribution in [2.24, 2.45) is 5.73 Å². The highest BCUT2D eigenvalue weighted by molar-refractivity contribution is 7.17. The lowest BCUT2D eigenvalue weighted by Gasteiger charge is -2.21. The molecule has 0 bridgehead atoms. The minimum absolute atomic E-state index is 0.0693. The number of nitrogens with zero attached hydrogens (tertiary/aromatic N) is 1. The van der Waals surface area contributed by atoms with Crippen molar-refractivity contribution in [3.05, 3.63) is 51.4 Å². The molecule has 2 aromatic rings. The molecule has 0 unspecified atom stereocenters. The van der Waals surface area contributed by atoms with Crippen LogP contribution >= 0.6 is 11.3 Å². The second-order valence-electron chi connectivity index (χ2n) is 7.95. The number of aryl methyl sites for hydroxylation is 2. The molecule has 148 valence electrons. The fourth-order valence-corrected chi connectivity index (χ4v) is 5.26. The summed E-state index contributed by atoms with van der Waals surface area (Å²) in [6.07, 6.45) is 6.33. The van der Waals surface area contributed by atoms with Crippen molar-refractivity contribution >= 4 is 28.2 Å². The van der Waals surface area contributed by atoms with Crippen LogP contribution in [0.25, 0.3) is 0 Å². The van der Waals surface area contributed by atoms with E-state index in [9.17, 15) is 9.59 Å². The van der Waals surface area contributed by atoms with Gasteiger partial charge in [0.2, 0.25) is 5.91 Å². The van der Waals surface area contributed by atoms with Gasteiger partial charge in [-0.2, -0.15) is 0 Å². The lowest BCUT2D eigenvalue weighted by atomic mass is 9.95. The van der Waals surface area contributed by atoms with Gasteiger partial charge in [0.15, 0.2) is 0 Å². The molecular weight excluding hydrogens is 370 g/mol. The van der Waals surface area contributed by atoms with E-state index in [0.29, 0.717) is 23.2 Å². The van der Waals surface area contributed by atoms with Crippen LogP contribution < -0.4 is 11.1 Å². The number of primary amides is 1. The third-order valence-electron chi connectivity index (χ3n) is 5.59. The number of anilines is 1. The molecule has 0 spiro atoms. The summed E-state index contributed by atoms with van der Waals surface area (Å²) in [4.78, 5) is 28.2. The van der Waals surface area contributed by atoms with Crippen molar-refractivity contribution in [1.82, 2.24) is 4.90 Å². The fourth-order valence-electron chi connectivity index (χ4n) is 3.95. The van der Waals surface area contributed by atoms with E-state index in [1.54, 1.807) is 0 Å². The summed E-state index contributed by atoms with van der Waals surface area (Å²) in [6.45, 7) is 3.17. The second-order valence-corrected chi connectivity index (χ2v) is 9.05. The molecule has 0 saturated heterocycles. The highest BCUT2D eigenvalue weighted by Gasteiger charge is 2.31. The monoisotopic (exact) mass is 397 g/mol. The third kappa shape index (κ3) is 4.28. The molecule has 1 aromatic heterocycles. The lowest BCUT2D eigenvalue weighted by molar-refractivity contribution is -0.117. The largest absolute Gasteiger partial charge is 0.365 e. The SMILES string of the molecule is Cc1ccc(CN(CC(=O)Nc2sc3c(c2C(N)=O)CCCC3)C2CC2)cc1. The van der Waals surface area contributed by atoms with Gasteiger partial charge in [-0.05, 0) is 56.6 Å². The average molecular weight is 398 g/mol. The quantitative estimate of drug-likeness (QED) is 0.749. The zero-order chi connectivity index (χ0) is 19.7. The minimum atomic E-state index is -0.437. The van der Waals surface area contributed by atoms with Gasteiger partial charge >= 0.3 is 0 Å². The number of amides is 2. The summed E-state index contributed by atoms with van der Waals surface area (Å²) in [5.74, 6) is -0.506. The van der Waals surface area contributed by atoms with Crippen molar-refractivity contribution < 1.29 is 9.59 Å². The van der Waals surface area contributed by atoms with Crippen LogP contribution in [0.5, 0.6) is 0 Å². The maximum atomic E-state index is 12.8. The number of fused-ring (bicyclic) bond motifs is 1. The number of nitrogens with one attached hydrogen (secondary N) is 1. The van der Waals surface area contributed by atoms with E-state index in [2.05, 4.69) is 41.4 Å². The van der Waals surface area contributed by atoms with Crippen LogP contribution in [0.1, 0.15) is 57.6 Å². The molecule has 6 heteroatoms. The number of thiophene rings is 1. The molecule has 3 N–H and O–H groups in total. The molecule has 1 fully saturated rings. The van der Waals surface area contributed by atoms with Gasteiger partial charge in [-0.1, -0.05) is 29.8 Å². The Bertz CT molecular complexity index is 884. The molecule has 0 radical (unpaired) electrons. The summed E-state index contributed by atoms with van der Waals surface area (Å²) < 4.78 is 0. The molecule has 0 aliphatic heterocycles. The van der Waals surface area contributed by atoms with Gasteiger partial charge in [-0.3, -0.25) is 14.5 Å². The van der Waals surface area contributed by atoms with Gasteiger partial charge in [-0.25, -0.2) is 0 Å². The van der Waals surface area contributed by atoms with Gasteiger partial charge in [0.25, 0.3) is 5.91 Å². The zero-order valence-electron chi connectivity index (χ0n) is 16.3. The number of carbonyl (C=O) groups is 2. The first-order chi connectivity index (χ1) is 13.5. The highest BCUT2D eigenvalue weighted by atomic mass is 32.1. The smallest absolute Gasteiger partial charge is 0.251 e. The van der Waals surface area contributed by atoms with E-state index in [1.807, 2.05) is 0 Å². The summed E-state index contributed by atoms with van der Waals surface area (Å²) in [5, 5.41) is 3.63. The van der Waals surface area contributed by atoms with Crippen LogP contribution in [0.15, 0.2) is 24.3 Å². The van der Waals surface area contributed by atoms with Crippen molar-refractivity contribution in [3.8, 4) is 0 Å². The predicted octanol–water partition coefficient (Wildman–Crippen LogP) is 3.64. The first-order valence-electron chi connectivity index (χ1n) is 10.0. The summed E-state index contributed by atoms with van der Waals surface area (Å²) in [5.41, 5.74) is 9.68. The highest BCUT2D eigenvalue weighted by Crippen LogP contribution is 2.38. The Morgan fingerprint density at radius 2 is 1.89 bits per heavy atom. The summed E-state index contributed by atoms with van der Waals surface area (Å²) >= 11 is 1.52. The van der Waals surface area contributed by atoms with Crippen molar-refractivity contribution in [2.45, 2.75) is 58.0 Å². The molecule has 2 aliphatic rings. The molecule has 4 rings (SSSR count). The van der Waals surface area contributed by atoms with Crippen LogP contribution in [0.3, 0.4) is 0 Å². The van der Waals surface area contributed by atoms with Gasteiger partial charge in [0.05, 0.1) is 12.1 Å². The normalized spacial score (nSPS) is 16.1. The molecule has 0 atom stereocenters. The van der Waals surface area contributed by atoms with Crippen molar-refractivity contribution in [2.75, 3.05) is 11.9 Å². The van der Waals surface area contributed by atoms with Gasteiger partial charge in [0.1, 0.15) is 5.00 Å². The Hall–Kier alpha value is -2.18. The minimum Gasteiger partial charge on any atom is -0.365 e. The molecule has 2 aliphatic carbocycles. The standard InChI is InChI=1S/C22H27N3O2S/c1-14-6-8-15(9-7-14)12-25(16-10-11-16)13-19(26)24-22-20(21(23)27)17-4-2-3-5-18(17)28-22/h6-9,16H,2-5,10-13H2,1H3,(H2,23,27)(H,24,26). The van der Waals surface area contributed by atoms with Gasteiger partial charge in [-0.15, -0.1) is 11.3 Å². The number of hydrogen-bond donors (Lipinski definition) is 2. The van der Waals surface area contributed by atoms with Crippen molar-refractivity contribution in [1.29, 1.82) is 0 Å². The number of nitrogens with two attached hydrogens (primary N) is 1. The maximum Gasteiger partial charge on any atom is 0.251 e. The summed E-state index contributed by atoms with van der Waals surface area (Å²) in [7, 11) is 0. The Kier molecular flexibility index (Phi) is 5.51. The van der Waals surface area contributed by atoms with E-state index in [4.69, 9.17) is 5.73 Å². The van der Waals surface area contributed by atoms with Crippen LogP contribution in [0, 0.1) is 6.92 Å². The van der Waals surface area contributed by atoms with Gasteiger partial charge in [0, 0.05) is 17.5 Å². The third-order valence-corrected chi connectivity index (χ3v) is 6.79. The van der Waals surface area contributed by atoms with Crippen molar-refractivity contribution in [3.63, 3.8) is 0 Å². The molecule has 5 nitrogen and oxygen atoms in total. The molecule has 1 saturated carbocycles. The molecule has 28 heavy (non-hydrogen) atoms. The second kappa shape index (κ2) is 8.05. The van der Waals surface area contributed by atoms with E-state index < -0.39 is 5.91 Å². The number of rotatable bonds is 7. The van der Waals surface area contributed by atoms with E-state index in [0.717, 1.165) is 50.6 Å². The zero-order valence-corrected chi connectivity index (χ0v) is 17.1.